The summed E-state index contributed by atoms with van der Waals surface area (Å²) in [6, 6.07) is 5.76. The van der Waals surface area contributed by atoms with Gasteiger partial charge in [0.15, 0.2) is 0 Å². The topological polar surface area (TPSA) is 29.1 Å². The van der Waals surface area contributed by atoms with Crippen LogP contribution in [0.25, 0.3) is 0 Å². The van der Waals surface area contributed by atoms with Gasteiger partial charge in [-0.2, -0.15) is 0 Å². The Hall–Kier alpha value is -1.02. The Kier molecular flexibility index (Phi) is 3.77. The van der Waals surface area contributed by atoms with Gasteiger partial charge in [0.1, 0.15) is 12.4 Å². The van der Waals surface area contributed by atoms with Gasteiger partial charge in [-0.15, -0.1) is 0 Å². The van der Waals surface area contributed by atoms with Gasteiger partial charge in [0.05, 0.1) is 7.11 Å². The molecule has 2 heteroatoms. The Morgan fingerprint density at radius 1 is 1.31 bits per heavy atom. The maximum atomic E-state index is 10.8. The zero-order chi connectivity index (χ0) is 9.68. The van der Waals surface area contributed by atoms with Crippen molar-refractivity contribution in [2.45, 2.75) is 26.4 Å². The van der Waals surface area contributed by atoms with Gasteiger partial charge in [-0.25, -0.2) is 5.11 Å². The predicted octanol–water partition coefficient (Wildman–Crippen LogP) is 2.58. The fourth-order valence-corrected chi connectivity index (χ4v) is 1.48. The first kappa shape index (κ1) is 10.1. The molecule has 1 radical (unpaired) electrons. The molecule has 0 aliphatic rings. The third-order valence-electron chi connectivity index (χ3n) is 2.06. The smallest absolute Gasteiger partial charge is 0.127 e. The number of hydrogen-bond donors (Lipinski definition) is 0. The van der Waals surface area contributed by atoms with E-state index in [4.69, 9.17) is 4.74 Å². The summed E-state index contributed by atoms with van der Waals surface area (Å²) in [6.07, 6.45) is 2.04. The molecule has 0 spiro atoms. The van der Waals surface area contributed by atoms with Crippen molar-refractivity contribution in [3.63, 3.8) is 0 Å². The van der Waals surface area contributed by atoms with E-state index in [2.05, 4.69) is 6.92 Å². The van der Waals surface area contributed by atoms with E-state index in [0.717, 1.165) is 29.7 Å². The molecule has 2 nitrogen and oxygen atoms in total. The lowest BCUT2D eigenvalue weighted by Crippen LogP contribution is -1.96. The molecule has 0 N–H and O–H groups in total. The minimum absolute atomic E-state index is 0.208. The van der Waals surface area contributed by atoms with Gasteiger partial charge in [-0.3, -0.25) is 0 Å². The van der Waals surface area contributed by atoms with Gasteiger partial charge in [-0.05, 0) is 12.0 Å². The Morgan fingerprint density at radius 3 is 2.54 bits per heavy atom. The molecule has 1 aromatic carbocycles. The highest BCUT2D eigenvalue weighted by molar-refractivity contribution is 5.41. The Balaban J connectivity index is 3.03. The lowest BCUT2D eigenvalue weighted by molar-refractivity contribution is 0.174. The minimum Gasteiger partial charge on any atom is -0.496 e. The van der Waals surface area contributed by atoms with Crippen molar-refractivity contribution >= 4 is 0 Å². The molecule has 0 unspecified atom stereocenters. The lowest BCUT2D eigenvalue weighted by atomic mass is 10.1. The van der Waals surface area contributed by atoms with Crippen molar-refractivity contribution in [2.24, 2.45) is 0 Å². The second kappa shape index (κ2) is 4.87. The van der Waals surface area contributed by atoms with Gasteiger partial charge >= 0.3 is 0 Å². The standard InChI is InChI=1S/C11H15O2/c1-3-5-9-6-4-7-10(8-12)11(9)13-2/h4,6-7H,3,5,8H2,1-2H3. The summed E-state index contributed by atoms with van der Waals surface area (Å²) >= 11 is 0. The van der Waals surface area contributed by atoms with Crippen LogP contribution in [0.1, 0.15) is 24.5 Å². The second-order valence-corrected chi connectivity index (χ2v) is 3.00. The Bertz CT molecular complexity index is 269. The Labute approximate surface area is 79.2 Å². The van der Waals surface area contributed by atoms with Crippen LogP contribution in [0, 0.1) is 0 Å². The third kappa shape index (κ3) is 2.22. The molecule has 1 aromatic rings. The molecule has 0 aliphatic heterocycles. The quantitative estimate of drug-likeness (QED) is 0.698. The molecule has 0 aliphatic carbocycles. The first-order valence-corrected chi connectivity index (χ1v) is 4.56. The molecule has 0 amide bonds. The number of ether oxygens (including phenoxy) is 1. The van der Waals surface area contributed by atoms with Gasteiger partial charge in [-0.1, -0.05) is 31.5 Å². The lowest BCUT2D eigenvalue weighted by Gasteiger charge is -2.10. The number of rotatable bonds is 4. The summed E-state index contributed by atoms with van der Waals surface area (Å²) in [6.45, 7) is 1.91. The summed E-state index contributed by atoms with van der Waals surface area (Å²) < 4.78 is 5.22. The summed E-state index contributed by atoms with van der Waals surface area (Å²) in [7, 11) is 1.62. The van der Waals surface area contributed by atoms with Crippen molar-refractivity contribution in [1.29, 1.82) is 0 Å². The van der Waals surface area contributed by atoms with Crippen LogP contribution in [-0.4, -0.2) is 7.11 Å². The monoisotopic (exact) mass is 179 g/mol. The van der Waals surface area contributed by atoms with Crippen LogP contribution in [0.3, 0.4) is 0 Å². The first-order valence-electron chi connectivity index (χ1n) is 4.56. The van der Waals surface area contributed by atoms with Gasteiger partial charge in [0, 0.05) is 5.56 Å². The van der Waals surface area contributed by atoms with E-state index in [1.165, 1.54) is 0 Å². The van der Waals surface area contributed by atoms with E-state index in [1.54, 1.807) is 7.11 Å². The number of methoxy groups -OCH3 is 1. The maximum Gasteiger partial charge on any atom is 0.127 e. The van der Waals surface area contributed by atoms with Crippen LogP contribution in [0.15, 0.2) is 18.2 Å². The van der Waals surface area contributed by atoms with Gasteiger partial charge in [0.25, 0.3) is 0 Å². The van der Waals surface area contributed by atoms with Crippen LogP contribution < -0.4 is 4.74 Å². The van der Waals surface area contributed by atoms with Crippen molar-refractivity contribution < 1.29 is 9.84 Å². The number of hydrogen-bond acceptors (Lipinski definition) is 1. The molecule has 71 valence electrons. The largest absolute Gasteiger partial charge is 0.496 e. The van der Waals surface area contributed by atoms with E-state index in [1.807, 2.05) is 18.2 Å². The normalized spacial score (nSPS) is 10.1. The fourth-order valence-electron chi connectivity index (χ4n) is 1.48. The van der Waals surface area contributed by atoms with Crippen molar-refractivity contribution in [2.75, 3.05) is 7.11 Å². The van der Waals surface area contributed by atoms with Crippen LogP contribution in [0.5, 0.6) is 5.75 Å². The maximum absolute atomic E-state index is 10.8. The zero-order valence-electron chi connectivity index (χ0n) is 8.17. The fraction of sp³-hybridized carbons (Fsp3) is 0.455. The van der Waals surface area contributed by atoms with Crippen LogP contribution in [-0.2, 0) is 18.1 Å². The third-order valence-corrected chi connectivity index (χ3v) is 2.06. The molecule has 0 bridgehead atoms. The average Bonchev–Trinajstić information content (AvgIpc) is 2.18. The molecule has 0 aromatic heterocycles. The molecule has 0 saturated carbocycles. The van der Waals surface area contributed by atoms with Crippen molar-refractivity contribution in [3.8, 4) is 5.75 Å². The summed E-state index contributed by atoms with van der Waals surface area (Å²) in [5.41, 5.74) is 1.90. The van der Waals surface area contributed by atoms with E-state index >= 15 is 0 Å². The van der Waals surface area contributed by atoms with Crippen molar-refractivity contribution in [3.05, 3.63) is 29.3 Å². The first-order chi connectivity index (χ1) is 6.33. The van der Waals surface area contributed by atoms with E-state index in [9.17, 15) is 5.11 Å². The molecule has 0 atom stereocenters. The summed E-state index contributed by atoms with van der Waals surface area (Å²) in [5, 5.41) is 10.8. The number of aryl methyl sites for hydroxylation is 1. The average molecular weight is 179 g/mol. The van der Waals surface area contributed by atoms with E-state index in [-0.39, 0.29) is 6.61 Å². The van der Waals surface area contributed by atoms with E-state index < -0.39 is 0 Å². The highest BCUT2D eigenvalue weighted by atomic mass is 16.5. The molecular formula is C11H15O2. The predicted molar refractivity (Wildman–Crippen MR) is 51.4 cm³/mol. The minimum atomic E-state index is -0.208. The van der Waals surface area contributed by atoms with Crippen LogP contribution in [0.4, 0.5) is 0 Å². The molecule has 13 heavy (non-hydrogen) atoms. The van der Waals surface area contributed by atoms with Gasteiger partial charge < -0.3 is 4.74 Å². The molecule has 0 heterocycles. The second-order valence-electron chi connectivity index (χ2n) is 3.00. The van der Waals surface area contributed by atoms with E-state index in [0.29, 0.717) is 0 Å². The highest BCUT2D eigenvalue weighted by Crippen LogP contribution is 2.24. The number of benzene rings is 1. The molecule has 0 fully saturated rings. The van der Waals surface area contributed by atoms with Crippen LogP contribution in [0.2, 0.25) is 0 Å². The summed E-state index contributed by atoms with van der Waals surface area (Å²) in [5.74, 6) is 0.777. The molecule has 0 saturated heterocycles. The molecule has 1 rings (SSSR count). The number of para-hydroxylation sites is 1. The SMILES string of the molecule is CCCc1cccc(C[O])c1OC. The molecular weight excluding hydrogens is 164 g/mol. The zero-order valence-corrected chi connectivity index (χ0v) is 8.17. The van der Waals surface area contributed by atoms with Crippen LogP contribution >= 0.6 is 0 Å². The summed E-state index contributed by atoms with van der Waals surface area (Å²) in [4.78, 5) is 0. The van der Waals surface area contributed by atoms with Gasteiger partial charge in [0.2, 0.25) is 0 Å². The Morgan fingerprint density at radius 2 is 2.00 bits per heavy atom. The highest BCUT2D eigenvalue weighted by Gasteiger charge is 2.06. The van der Waals surface area contributed by atoms with Crippen molar-refractivity contribution in [1.82, 2.24) is 0 Å².